The third kappa shape index (κ3) is 5.05. The Bertz CT molecular complexity index is 396. The lowest BCUT2D eigenvalue weighted by atomic mass is 9.83. The van der Waals surface area contributed by atoms with Crippen LogP contribution >= 0.6 is 15.9 Å². The molecule has 18 heavy (non-hydrogen) atoms. The minimum Gasteiger partial charge on any atom is -0.204 e. The third-order valence-corrected chi connectivity index (χ3v) is 3.78. The molecule has 0 heterocycles. The van der Waals surface area contributed by atoms with Crippen LogP contribution in [-0.2, 0) is 0 Å². The summed E-state index contributed by atoms with van der Waals surface area (Å²) in [6.07, 6.45) is 2.03. The Balaban J connectivity index is 2.64. The van der Waals surface area contributed by atoms with Gasteiger partial charge in [0.15, 0.2) is 11.6 Å². The monoisotopic (exact) mass is 318 g/mol. The predicted octanol–water partition coefficient (Wildman–Crippen LogP) is 5.86. The molecule has 0 aliphatic rings. The number of hydrogen-bond donors (Lipinski definition) is 0. The van der Waals surface area contributed by atoms with Crippen LogP contribution < -0.4 is 0 Å². The largest absolute Gasteiger partial charge is 0.204 e. The van der Waals surface area contributed by atoms with Gasteiger partial charge in [0, 0.05) is 4.83 Å². The van der Waals surface area contributed by atoms with E-state index in [0.717, 1.165) is 18.4 Å². The normalized spacial score (nSPS) is 15.5. The van der Waals surface area contributed by atoms with Gasteiger partial charge in [0.25, 0.3) is 0 Å². The maximum atomic E-state index is 13.2. The van der Waals surface area contributed by atoms with E-state index in [1.54, 1.807) is 6.07 Å². The van der Waals surface area contributed by atoms with Gasteiger partial charge in [-0.25, -0.2) is 8.78 Å². The number of halogens is 3. The number of alkyl halides is 1. The Morgan fingerprint density at radius 1 is 1.17 bits per heavy atom. The van der Waals surface area contributed by atoms with Gasteiger partial charge in [-0.2, -0.15) is 0 Å². The molecule has 1 aromatic carbocycles. The van der Waals surface area contributed by atoms with E-state index in [0.29, 0.717) is 11.3 Å². The molecular weight excluding hydrogens is 298 g/mol. The van der Waals surface area contributed by atoms with Gasteiger partial charge in [-0.05, 0) is 41.9 Å². The van der Waals surface area contributed by atoms with E-state index in [2.05, 4.69) is 43.6 Å². The second kappa shape index (κ2) is 6.14. The maximum absolute atomic E-state index is 13.2. The van der Waals surface area contributed by atoms with Crippen molar-refractivity contribution < 1.29 is 8.78 Å². The van der Waals surface area contributed by atoms with Gasteiger partial charge in [0.2, 0.25) is 0 Å². The highest BCUT2D eigenvalue weighted by Crippen LogP contribution is 2.35. The van der Waals surface area contributed by atoms with Crippen molar-refractivity contribution in [2.75, 3.05) is 0 Å². The first-order chi connectivity index (χ1) is 8.19. The molecule has 0 aliphatic heterocycles. The Labute approximate surface area is 117 Å². The molecule has 0 radical (unpaired) electrons. The van der Waals surface area contributed by atoms with Crippen LogP contribution in [0, 0.1) is 23.0 Å². The van der Waals surface area contributed by atoms with Crippen LogP contribution in [0.3, 0.4) is 0 Å². The third-order valence-electron chi connectivity index (χ3n) is 2.88. The van der Waals surface area contributed by atoms with E-state index in [1.807, 2.05) is 0 Å². The summed E-state index contributed by atoms with van der Waals surface area (Å²) in [4.78, 5) is 0.0740. The molecule has 0 spiro atoms. The van der Waals surface area contributed by atoms with Crippen molar-refractivity contribution in [1.82, 2.24) is 0 Å². The summed E-state index contributed by atoms with van der Waals surface area (Å²) in [6.45, 7) is 8.83. The molecular formula is C15H21BrF2. The van der Waals surface area contributed by atoms with Crippen LogP contribution in [0.5, 0.6) is 0 Å². The number of rotatable bonds is 4. The molecule has 0 saturated carbocycles. The maximum Gasteiger partial charge on any atom is 0.159 e. The quantitative estimate of drug-likeness (QED) is 0.609. The molecule has 0 nitrogen and oxygen atoms in total. The highest BCUT2D eigenvalue weighted by Gasteiger charge is 2.19. The summed E-state index contributed by atoms with van der Waals surface area (Å²) < 4.78 is 26.0. The van der Waals surface area contributed by atoms with E-state index < -0.39 is 11.6 Å². The second-order valence-corrected chi connectivity index (χ2v) is 7.35. The molecule has 0 fully saturated rings. The number of hydrogen-bond acceptors (Lipinski definition) is 0. The molecule has 2 unspecified atom stereocenters. The average molecular weight is 319 g/mol. The molecule has 1 aromatic rings. The van der Waals surface area contributed by atoms with Gasteiger partial charge >= 0.3 is 0 Å². The molecule has 3 heteroatoms. The highest BCUT2D eigenvalue weighted by atomic mass is 79.9. The predicted molar refractivity (Wildman–Crippen MR) is 75.9 cm³/mol. The van der Waals surface area contributed by atoms with E-state index in [4.69, 9.17) is 0 Å². The van der Waals surface area contributed by atoms with Crippen molar-refractivity contribution in [2.24, 2.45) is 11.3 Å². The number of benzene rings is 1. The molecule has 0 amide bonds. The van der Waals surface area contributed by atoms with Gasteiger partial charge in [-0.15, -0.1) is 0 Å². The molecule has 2 atom stereocenters. The fraction of sp³-hybridized carbons (Fsp3) is 0.600. The van der Waals surface area contributed by atoms with Crippen LogP contribution in [0.15, 0.2) is 18.2 Å². The molecule has 0 bridgehead atoms. The van der Waals surface area contributed by atoms with Gasteiger partial charge in [0.05, 0.1) is 0 Å². The van der Waals surface area contributed by atoms with Gasteiger partial charge in [-0.3, -0.25) is 0 Å². The van der Waals surface area contributed by atoms with Crippen molar-refractivity contribution in [1.29, 1.82) is 0 Å². The first kappa shape index (κ1) is 15.6. The van der Waals surface area contributed by atoms with Gasteiger partial charge < -0.3 is 0 Å². The fourth-order valence-corrected chi connectivity index (χ4v) is 3.25. The van der Waals surface area contributed by atoms with Crippen LogP contribution in [0.4, 0.5) is 8.78 Å². The van der Waals surface area contributed by atoms with Crippen molar-refractivity contribution >= 4 is 15.9 Å². The van der Waals surface area contributed by atoms with Crippen LogP contribution in [0.25, 0.3) is 0 Å². The van der Waals surface area contributed by atoms with Crippen LogP contribution in [0.1, 0.15) is 50.9 Å². The first-order valence-corrected chi connectivity index (χ1v) is 7.19. The Kier molecular flexibility index (Phi) is 5.32. The van der Waals surface area contributed by atoms with Crippen molar-refractivity contribution in [3.63, 3.8) is 0 Å². The topological polar surface area (TPSA) is 0 Å². The summed E-state index contributed by atoms with van der Waals surface area (Å²) in [5, 5.41) is 0. The van der Waals surface area contributed by atoms with Gasteiger partial charge in [0.1, 0.15) is 0 Å². The van der Waals surface area contributed by atoms with Crippen LogP contribution in [-0.4, -0.2) is 0 Å². The molecule has 102 valence electrons. The highest BCUT2D eigenvalue weighted by molar-refractivity contribution is 9.09. The van der Waals surface area contributed by atoms with Crippen LogP contribution in [0.2, 0.25) is 0 Å². The van der Waals surface area contributed by atoms with Crippen molar-refractivity contribution in [3.8, 4) is 0 Å². The Morgan fingerprint density at radius 3 is 2.28 bits per heavy atom. The Hall–Kier alpha value is -0.440. The summed E-state index contributed by atoms with van der Waals surface area (Å²) in [5.41, 5.74) is 1.09. The molecule has 0 aromatic heterocycles. The van der Waals surface area contributed by atoms with E-state index in [9.17, 15) is 8.78 Å². The van der Waals surface area contributed by atoms with E-state index >= 15 is 0 Å². The smallest absolute Gasteiger partial charge is 0.159 e. The van der Waals surface area contributed by atoms with Crippen molar-refractivity contribution in [2.45, 2.75) is 45.4 Å². The second-order valence-electron chi connectivity index (χ2n) is 6.25. The molecule has 1 rings (SSSR count). The summed E-state index contributed by atoms with van der Waals surface area (Å²) in [5.74, 6) is -1.04. The van der Waals surface area contributed by atoms with E-state index in [1.165, 1.54) is 12.1 Å². The zero-order chi connectivity index (χ0) is 13.9. The SMILES string of the molecule is CC(CC(Br)c1ccc(F)c(F)c1)CC(C)(C)C. The standard InChI is InChI=1S/C15H21BrF2/c1-10(9-15(2,3)4)7-12(16)11-5-6-13(17)14(18)8-11/h5-6,8,10,12H,7,9H2,1-4H3. The Morgan fingerprint density at radius 2 is 1.78 bits per heavy atom. The lowest BCUT2D eigenvalue weighted by Gasteiger charge is -2.25. The minimum absolute atomic E-state index is 0.0740. The zero-order valence-electron chi connectivity index (χ0n) is 11.4. The van der Waals surface area contributed by atoms with E-state index in [-0.39, 0.29) is 4.83 Å². The van der Waals surface area contributed by atoms with Crippen molar-refractivity contribution in [3.05, 3.63) is 35.4 Å². The lowest BCUT2D eigenvalue weighted by Crippen LogP contribution is -2.12. The zero-order valence-corrected chi connectivity index (χ0v) is 13.0. The lowest BCUT2D eigenvalue weighted by molar-refractivity contribution is 0.296. The molecule has 0 saturated heterocycles. The van der Waals surface area contributed by atoms with Gasteiger partial charge in [-0.1, -0.05) is 49.7 Å². The summed E-state index contributed by atoms with van der Waals surface area (Å²) >= 11 is 3.56. The fourth-order valence-electron chi connectivity index (χ4n) is 2.33. The first-order valence-electron chi connectivity index (χ1n) is 6.28. The molecule has 0 N–H and O–H groups in total. The summed E-state index contributed by atoms with van der Waals surface area (Å²) in [6, 6.07) is 4.10. The summed E-state index contributed by atoms with van der Waals surface area (Å²) in [7, 11) is 0. The average Bonchev–Trinajstić information content (AvgIpc) is 2.18. The minimum atomic E-state index is -0.791. The molecule has 0 aliphatic carbocycles.